The molecule has 7 rings (SSSR count). The molecule has 2 aromatic heterocycles. The van der Waals surface area contributed by atoms with E-state index in [1.807, 2.05) is 28.2 Å². The molecule has 2 N–H and O–H groups in total. The largest absolute Gasteiger partial charge is 0.451 e. The number of nitrogens with zero attached hydrogens (tertiary/aromatic N) is 5. The maximum absolute atomic E-state index is 14.8. The molecule has 0 saturated carbocycles. The van der Waals surface area contributed by atoms with Crippen molar-refractivity contribution in [2.24, 2.45) is 0 Å². The van der Waals surface area contributed by atoms with Gasteiger partial charge in [-0.15, -0.1) is 0 Å². The van der Waals surface area contributed by atoms with Crippen molar-refractivity contribution >= 4 is 17.3 Å². The van der Waals surface area contributed by atoms with Gasteiger partial charge in [0.05, 0.1) is 23.0 Å². The molecular formula is C32H31ClF4N6O3. The highest BCUT2D eigenvalue weighted by atomic mass is 35.5. The number of halogens is 5. The average Bonchev–Trinajstić information content (AvgIpc) is 3.76. The maximum atomic E-state index is 14.8. The predicted molar refractivity (Wildman–Crippen MR) is 161 cm³/mol. The van der Waals surface area contributed by atoms with Gasteiger partial charge in [-0.2, -0.15) is 18.3 Å². The number of aromatic amines is 1. The Bertz CT molecular complexity index is 1760. The maximum Gasteiger partial charge on any atom is 0.451 e. The first-order valence-corrected chi connectivity index (χ1v) is 15.5. The van der Waals surface area contributed by atoms with E-state index in [4.69, 9.17) is 21.1 Å². The summed E-state index contributed by atoms with van der Waals surface area (Å²) in [6.45, 7) is 4.75. The molecule has 5 heterocycles. The van der Waals surface area contributed by atoms with Gasteiger partial charge in [0, 0.05) is 48.9 Å². The second-order valence-corrected chi connectivity index (χ2v) is 12.5. The summed E-state index contributed by atoms with van der Waals surface area (Å²) in [7, 11) is 0. The number of hydrogen-bond donors (Lipinski definition) is 2. The molecule has 0 radical (unpaired) electrons. The Labute approximate surface area is 267 Å². The fraction of sp³-hybridized carbons (Fsp3) is 0.406. The minimum Gasteiger partial charge on any atom is -0.444 e. The number of β-amino-alcohol motifs (C(OH)–C–C–N with tert-alkyl or cyclic N) is 1. The van der Waals surface area contributed by atoms with Gasteiger partial charge in [-0.3, -0.25) is 15.0 Å². The van der Waals surface area contributed by atoms with E-state index in [1.54, 1.807) is 25.1 Å². The van der Waals surface area contributed by atoms with Gasteiger partial charge in [0.15, 0.2) is 17.3 Å². The zero-order valence-corrected chi connectivity index (χ0v) is 25.6. The predicted octanol–water partition coefficient (Wildman–Crippen LogP) is 6.27. The molecule has 46 heavy (non-hydrogen) atoms. The van der Waals surface area contributed by atoms with E-state index < -0.39 is 29.7 Å². The van der Waals surface area contributed by atoms with E-state index in [9.17, 15) is 22.7 Å². The second-order valence-electron chi connectivity index (χ2n) is 12.1. The van der Waals surface area contributed by atoms with Gasteiger partial charge in [0.25, 0.3) is 5.79 Å². The van der Waals surface area contributed by atoms with Crippen molar-refractivity contribution in [3.63, 3.8) is 0 Å². The second kappa shape index (κ2) is 11.7. The molecule has 9 nitrogen and oxygen atoms in total. The lowest BCUT2D eigenvalue weighted by molar-refractivity contribution is -0.144. The normalized spacial score (nSPS) is 22.2. The number of para-hydroxylation sites is 1. The lowest BCUT2D eigenvalue weighted by Gasteiger charge is -2.33. The summed E-state index contributed by atoms with van der Waals surface area (Å²) in [6, 6.07) is 11.9. The van der Waals surface area contributed by atoms with Crippen LogP contribution in [0.2, 0.25) is 5.02 Å². The number of benzene rings is 2. The molecule has 4 aromatic rings. The average molecular weight is 659 g/mol. The number of rotatable bonds is 6. The van der Waals surface area contributed by atoms with Gasteiger partial charge in [0.2, 0.25) is 5.82 Å². The Kier molecular flexibility index (Phi) is 7.81. The highest BCUT2D eigenvalue weighted by molar-refractivity contribution is 6.30. The number of aromatic nitrogens is 4. The minimum absolute atomic E-state index is 0.0929. The Hall–Kier alpha value is -3.94. The number of anilines is 1. The molecule has 0 bridgehead atoms. The van der Waals surface area contributed by atoms with E-state index in [0.717, 1.165) is 42.9 Å². The van der Waals surface area contributed by atoms with Crippen molar-refractivity contribution in [1.29, 1.82) is 0 Å². The van der Waals surface area contributed by atoms with Crippen LogP contribution in [0, 0.1) is 5.82 Å². The van der Waals surface area contributed by atoms with Crippen LogP contribution in [0.5, 0.6) is 11.5 Å². The number of likely N-dealkylation sites (tertiary alicyclic amines) is 1. The topological polar surface area (TPSA) is 99.6 Å². The minimum atomic E-state index is -4.64. The number of pyridine rings is 1. The summed E-state index contributed by atoms with van der Waals surface area (Å²) in [5, 5.41) is 16.2. The lowest BCUT2D eigenvalue weighted by atomic mass is 9.88. The molecule has 0 amide bonds. The number of ether oxygens (including phenoxy) is 2. The molecule has 2 atom stereocenters. The fourth-order valence-electron chi connectivity index (χ4n) is 6.53. The molecule has 3 aliphatic rings. The smallest absolute Gasteiger partial charge is 0.444 e. The third-order valence-electron chi connectivity index (χ3n) is 8.90. The third-order valence-corrected chi connectivity index (χ3v) is 9.13. The van der Waals surface area contributed by atoms with Crippen LogP contribution < -0.4 is 14.4 Å². The zero-order chi connectivity index (χ0) is 32.2. The molecule has 3 aliphatic heterocycles. The Morgan fingerprint density at radius 3 is 2.59 bits per heavy atom. The van der Waals surface area contributed by atoms with Gasteiger partial charge in [-0.25, -0.2) is 9.37 Å². The Morgan fingerprint density at radius 2 is 1.89 bits per heavy atom. The first-order chi connectivity index (χ1) is 22.0. The van der Waals surface area contributed by atoms with Gasteiger partial charge in [-0.1, -0.05) is 23.7 Å². The Balaban J connectivity index is 1.07. The van der Waals surface area contributed by atoms with E-state index in [-0.39, 0.29) is 17.3 Å². The van der Waals surface area contributed by atoms with Crippen LogP contribution in [0.1, 0.15) is 54.7 Å². The van der Waals surface area contributed by atoms with Crippen molar-refractivity contribution in [2.75, 3.05) is 31.1 Å². The Morgan fingerprint density at radius 1 is 1.09 bits per heavy atom. The van der Waals surface area contributed by atoms with Crippen molar-refractivity contribution in [1.82, 2.24) is 25.1 Å². The van der Waals surface area contributed by atoms with E-state index in [1.165, 1.54) is 12.3 Å². The quantitative estimate of drug-likeness (QED) is 0.234. The summed E-state index contributed by atoms with van der Waals surface area (Å²) in [6.07, 6.45) is -1.39. The van der Waals surface area contributed by atoms with Crippen molar-refractivity contribution in [2.45, 2.75) is 56.7 Å². The highest BCUT2D eigenvalue weighted by Gasteiger charge is 2.43. The molecule has 0 unspecified atom stereocenters. The summed E-state index contributed by atoms with van der Waals surface area (Å²) in [5.74, 6) is -1.73. The van der Waals surface area contributed by atoms with Gasteiger partial charge in [-0.05, 0) is 68.6 Å². The van der Waals surface area contributed by atoms with Crippen LogP contribution in [0.25, 0.3) is 11.4 Å². The molecule has 0 spiro atoms. The number of aliphatic hydroxyl groups excluding tert-OH is 1. The summed E-state index contributed by atoms with van der Waals surface area (Å²) in [5.41, 5.74) is 3.14. The molecule has 2 fully saturated rings. The third kappa shape index (κ3) is 5.87. The number of nitrogens with one attached hydrogen (secondary N) is 1. The van der Waals surface area contributed by atoms with Gasteiger partial charge >= 0.3 is 6.18 Å². The summed E-state index contributed by atoms with van der Waals surface area (Å²) < 4.78 is 66.7. The monoisotopic (exact) mass is 658 g/mol. The zero-order valence-electron chi connectivity index (χ0n) is 24.8. The van der Waals surface area contributed by atoms with Crippen LogP contribution in [0.4, 0.5) is 23.2 Å². The van der Waals surface area contributed by atoms with E-state index in [2.05, 4.69) is 20.0 Å². The lowest BCUT2D eigenvalue weighted by Crippen LogP contribution is -2.34. The number of aliphatic hydroxyl groups is 1. The van der Waals surface area contributed by atoms with Crippen LogP contribution in [0.3, 0.4) is 0 Å². The number of H-pyrrole nitrogens is 1. The molecular weight excluding hydrogens is 628 g/mol. The van der Waals surface area contributed by atoms with Crippen LogP contribution in [0.15, 0.2) is 48.7 Å². The van der Waals surface area contributed by atoms with Crippen molar-refractivity contribution in [3.05, 3.63) is 82.1 Å². The molecule has 2 saturated heterocycles. The van der Waals surface area contributed by atoms with E-state index >= 15 is 0 Å². The first-order valence-electron chi connectivity index (χ1n) is 15.1. The number of alkyl halides is 3. The van der Waals surface area contributed by atoms with Crippen LogP contribution in [-0.2, 0) is 18.5 Å². The molecule has 242 valence electrons. The number of hydrogen-bond acceptors (Lipinski definition) is 8. The molecule has 0 aliphatic carbocycles. The summed E-state index contributed by atoms with van der Waals surface area (Å²) >= 11 is 5.96. The summed E-state index contributed by atoms with van der Waals surface area (Å²) in [4.78, 5) is 12.6. The SMILES string of the molecule is C[C@]1(c2ccc(Cl)cc2F)Oc2cccc(C3CCN(Cc4ncc(-c5n[nH]c(C(F)(F)F)n5)cc4N4CC[C@@H](O)C4)CC3)c2O1. The van der Waals surface area contributed by atoms with Gasteiger partial charge in [0.1, 0.15) is 5.82 Å². The fourth-order valence-corrected chi connectivity index (χ4v) is 6.69. The van der Waals surface area contributed by atoms with Crippen molar-refractivity contribution in [3.8, 4) is 22.9 Å². The number of piperidine rings is 1. The molecule has 14 heteroatoms. The van der Waals surface area contributed by atoms with E-state index in [0.29, 0.717) is 48.1 Å². The standard InChI is InChI=1S/C32H31ClF4N6O3/c1-31(23-6-5-20(33)14-24(23)34)45-27-4-2-3-22(28(27)46-31)18-7-10-42(11-8-18)17-25-26(43-12-9-21(44)16-43)13-19(15-38-25)29-39-30(41-40-29)32(35,36)37/h2-6,13-15,18,21,44H,7-12,16-17H2,1H3,(H,39,40,41)/t21-,31+/m1/s1. The number of fused-ring (bicyclic) bond motifs is 1. The van der Waals surface area contributed by atoms with Crippen LogP contribution >= 0.6 is 11.6 Å². The first kappa shape index (κ1) is 30.7. The van der Waals surface area contributed by atoms with Gasteiger partial charge < -0.3 is 19.5 Å². The highest BCUT2D eigenvalue weighted by Crippen LogP contribution is 2.50. The van der Waals surface area contributed by atoms with Crippen molar-refractivity contribution < 1.29 is 32.1 Å². The molecule has 2 aromatic carbocycles. The van der Waals surface area contributed by atoms with Crippen LogP contribution in [-0.4, -0.2) is 62.5 Å².